The lowest BCUT2D eigenvalue weighted by atomic mass is 10.3. The third-order valence-electron chi connectivity index (χ3n) is 2.00. The number of hydrogen-bond donors (Lipinski definition) is 3. The van der Waals surface area contributed by atoms with E-state index in [9.17, 15) is 4.79 Å². The van der Waals surface area contributed by atoms with E-state index in [0.717, 1.165) is 30.2 Å². The second kappa shape index (κ2) is 7.92. The third-order valence-corrected chi connectivity index (χ3v) is 3.08. The molecule has 0 aliphatic heterocycles. The third kappa shape index (κ3) is 5.55. The Morgan fingerprint density at radius 1 is 1.41 bits per heavy atom. The molecular weight excluding hydrogens is 240 g/mol. The van der Waals surface area contributed by atoms with Crippen LogP contribution in [0.4, 0.5) is 5.69 Å². The Labute approximate surface area is 104 Å². The summed E-state index contributed by atoms with van der Waals surface area (Å²) in [5.41, 5.74) is 0.866. The summed E-state index contributed by atoms with van der Waals surface area (Å²) in [6, 6.07) is 3.18. The molecular formula is C11H16N2O3S. The van der Waals surface area contributed by atoms with E-state index in [-0.39, 0.29) is 12.3 Å². The first-order valence-electron chi connectivity index (χ1n) is 5.36. The molecule has 3 N–H and O–H groups in total. The van der Waals surface area contributed by atoms with E-state index in [2.05, 4.69) is 10.3 Å². The van der Waals surface area contributed by atoms with E-state index in [0.29, 0.717) is 0 Å². The molecule has 0 atom stereocenters. The molecule has 1 rings (SSSR count). The smallest absolute Gasteiger partial charge is 0.354 e. The largest absolute Gasteiger partial charge is 0.477 e. The molecule has 0 radical (unpaired) electrons. The Balaban J connectivity index is 2.21. The molecule has 1 aromatic heterocycles. The summed E-state index contributed by atoms with van der Waals surface area (Å²) in [6.07, 6.45) is 2.33. The number of nitrogens with one attached hydrogen (secondary N) is 1. The molecule has 0 bridgehead atoms. The van der Waals surface area contributed by atoms with Gasteiger partial charge in [-0.2, -0.15) is 11.8 Å². The standard InChI is InChI=1S/C11H16N2O3S/c14-5-1-6-17-7-4-12-9-2-3-10(11(15)16)13-8-9/h2-3,8,12,14H,1,4-7H2,(H,15,16). The van der Waals surface area contributed by atoms with Gasteiger partial charge in [-0.05, 0) is 24.3 Å². The van der Waals surface area contributed by atoms with Crippen LogP contribution in [0.25, 0.3) is 0 Å². The van der Waals surface area contributed by atoms with Gasteiger partial charge in [0.15, 0.2) is 0 Å². The maximum absolute atomic E-state index is 10.6. The summed E-state index contributed by atoms with van der Waals surface area (Å²) < 4.78 is 0. The summed E-state index contributed by atoms with van der Waals surface area (Å²) in [7, 11) is 0. The van der Waals surface area contributed by atoms with Crippen molar-refractivity contribution >= 4 is 23.4 Å². The Morgan fingerprint density at radius 3 is 2.82 bits per heavy atom. The highest BCUT2D eigenvalue weighted by Gasteiger charge is 2.02. The van der Waals surface area contributed by atoms with Gasteiger partial charge in [0.05, 0.1) is 11.9 Å². The number of carbonyl (C=O) groups is 1. The number of aromatic carboxylic acids is 1. The first-order chi connectivity index (χ1) is 8.24. The first kappa shape index (κ1) is 13.8. The molecule has 0 aromatic carbocycles. The SMILES string of the molecule is O=C(O)c1ccc(NCCSCCCO)cn1. The number of thioether (sulfide) groups is 1. The van der Waals surface area contributed by atoms with Crippen molar-refractivity contribution in [2.45, 2.75) is 6.42 Å². The zero-order valence-corrected chi connectivity index (χ0v) is 10.2. The van der Waals surface area contributed by atoms with Crippen LogP contribution < -0.4 is 5.32 Å². The van der Waals surface area contributed by atoms with E-state index >= 15 is 0 Å². The summed E-state index contributed by atoms with van der Waals surface area (Å²) in [5.74, 6) is 0.880. The molecule has 0 amide bonds. The van der Waals surface area contributed by atoms with Crippen LogP contribution >= 0.6 is 11.8 Å². The Kier molecular flexibility index (Phi) is 6.42. The molecule has 0 fully saturated rings. The molecule has 6 heteroatoms. The number of rotatable bonds is 8. The van der Waals surface area contributed by atoms with Crippen LogP contribution in [0.5, 0.6) is 0 Å². The van der Waals surface area contributed by atoms with Gasteiger partial charge in [0.1, 0.15) is 5.69 Å². The maximum Gasteiger partial charge on any atom is 0.354 e. The number of carboxylic acids is 1. The minimum Gasteiger partial charge on any atom is -0.477 e. The fraction of sp³-hybridized carbons (Fsp3) is 0.455. The minimum absolute atomic E-state index is 0.0490. The quantitative estimate of drug-likeness (QED) is 0.608. The second-order valence-electron chi connectivity index (χ2n) is 3.35. The maximum atomic E-state index is 10.6. The highest BCUT2D eigenvalue weighted by molar-refractivity contribution is 7.99. The number of anilines is 1. The topological polar surface area (TPSA) is 82.5 Å². The number of nitrogens with zero attached hydrogens (tertiary/aromatic N) is 1. The average Bonchev–Trinajstić information content (AvgIpc) is 2.34. The van der Waals surface area contributed by atoms with Crippen molar-refractivity contribution in [3.05, 3.63) is 24.0 Å². The van der Waals surface area contributed by atoms with Crippen molar-refractivity contribution in [1.29, 1.82) is 0 Å². The monoisotopic (exact) mass is 256 g/mol. The average molecular weight is 256 g/mol. The number of aromatic nitrogens is 1. The Morgan fingerprint density at radius 2 is 2.24 bits per heavy atom. The fourth-order valence-electron chi connectivity index (χ4n) is 1.16. The normalized spacial score (nSPS) is 10.2. The van der Waals surface area contributed by atoms with Crippen LogP contribution in [-0.4, -0.2) is 45.8 Å². The number of carboxylic acid groups (broad SMARTS) is 1. The molecule has 0 saturated heterocycles. The lowest BCUT2D eigenvalue weighted by Gasteiger charge is -2.05. The molecule has 1 aromatic rings. The zero-order chi connectivity index (χ0) is 12.5. The summed E-state index contributed by atoms with van der Waals surface area (Å²) in [5, 5.41) is 20.4. The van der Waals surface area contributed by atoms with Gasteiger partial charge in [0.25, 0.3) is 0 Å². The van der Waals surface area contributed by atoms with E-state index in [4.69, 9.17) is 10.2 Å². The van der Waals surface area contributed by atoms with Crippen molar-refractivity contribution in [2.75, 3.05) is 30.0 Å². The molecule has 0 spiro atoms. The van der Waals surface area contributed by atoms with E-state index in [1.807, 2.05) is 0 Å². The lowest BCUT2D eigenvalue weighted by molar-refractivity contribution is 0.0690. The number of aliphatic hydroxyl groups is 1. The van der Waals surface area contributed by atoms with Crippen molar-refractivity contribution in [3.8, 4) is 0 Å². The Bertz CT molecular complexity index is 343. The molecule has 0 saturated carbocycles. The van der Waals surface area contributed by atoms with Gasteiger partial charge in [-0.3, -0.25) is 0 Å². The van der Waals surface area contributed by atoms with Gasteiger partial charge in [-0.1, -0.05) is 0 Å². The number of hydrogen-bond acceptors (Lipinski definition) is 5. The van der Waals surface area contributed by atoms with E-state index in [1.165, 1.54) is 12.3 Å². The minimum atomic E-state index is -1.02. The second-order valence-corrected chi connectivity index (χ2v) is 4.58. The summed E-state index contributed by atoms with van der Waals surface area (Å²) in [4.78, 5) is 14.4. The Hall–Kier alpha value is -1.27. The highest BCUT2D eigenvalue weighted by atomic mass is 32.2. The van der Waals surface area contributed by atoms with Crippen LogP contribution in [0, 0.1) is 0 Å². The predicted octanol–water partition coefficient (Wildman–Crippen LogP) is 1.31. The molecule has 0 aliphatic carbocycles. The van der Waals surface area contributed by atoms with Gasteiger partial charge in [-0.25, -0.2) is 9.78 Å². The van der Waals surface area contributed by atoms with Gasteiger partial charge >= 0.3 is 5.97 Å². The first-order valence-corrected chi connectivity index (χ1v) is 6.51. The van der Waals surface area contributed by atoms with Crippen LogP contribution in [0.15, 0.2) is 18.3 Å². The zero-order valence-electron chi connectivity index (χ0n) is 9.43. The van der Waals surface area contributed by atoms with Gasteiger partial charge in [-0.15, -0.1) is 0 Å². The highest BCUT2D eigenvalue weighted by Crippen LogP contribution is 2.07. The van der Waals surface area contributed by atoms with E-state index < -0.39 is 5.97 Å². The van der Waals surface area contributed by atoms with Crippen molar-refractivity contribution in [2.24, 2.45) is 0 Å². The summed E-state index contributed by atoms with van der Waals surface area (Å²) in [6.45, 7) is 1.03. The van der Waals surface area contributed by atoms with Crippen molar-refractivity contribution in [3.63, 3.8) is 0 Å². The lowest BCUT2D eigenvalue weighted by Crippen LogP contribution is -2.06. The number of pyridine rings is 1. The molecule has 5 nitrogen and oxygen atoms in total. The molecule has 1 heterocycles. The van der Waals surface area contributed by atoms with Crippen LogP contribution in [-0.2, 0) is 0 Å². The van der Waals surface area contributed by atoms with Crippen LogP contribution in [0.3, 0.4) is 0 Å². The van der Waals surface area contributed by atoms with Gasteiger partial charge < -0.3 is 15.5 Å². The van der Waals surface area contributed by atoms with Gasteiger partial charge in [0.2, 0.25) is 0 Å². The van der Waals surface area contributed by atoms with Crippen molar-refractivity contribution in [1.82, 2.24) is 4.98 Å². The van der Waals surface area contributed by atoms with Gasteiger partial charge in [0, 0.05) is 18.9 Å². The number of aliphatic hydroxyl groups excluding tert-OH is 1. The fourth-order valence-corrected chi connectivity index (χ4v) is 1.94. The summed E-state index contributed by atoms with van der Waals surface area (Å²) >= 11 is 1.77. The predicted molar refractivity (Wildman–Crippen MR) is 68.7 cm³/mol. The van der Waals surface area contributed by atoms with E-state index in [1.54, 1.807) is 17.8 Å². The molecule has 94 valence electrons. The molecule has 17 heavy (non-hydrogen) atoms. The van der Waals surface area contributed by atoms with Crippen LogP contribution in [0.1, 0.15) is 16.9 Å². The molecule has 0 unspecified atom stereocenters. The van der Waals surface area contributed by atoms with Crippen LogP contribution in [0.2, 0.25) is 0 Å². The molecule has 0 aliphatic rings. The van der Waals surface area contributed by atoms with Crippen molar-refractivity contribution < 1.29 is 15.0 Å².